The Morgan fingerprint density at radius 3 is 1.97 bits per heavy atom. The van der Waals surface area contributed by atoms with Crippen LogP contribution in [0.25, 0.3) is 17.2 Å². The maximum Gasteiger partial charge on any atom is 0.185 e. The van der Waals surface area contributed by atoms with Gasteiger partial charge in [-0.2, -0.15) is 0 Å². The first-order valence-corrected chi connectivity index (χ1v) is 12.4. The second-order valence-electron chi connectivity index (χ2n) is 8.94. The molecule has 0 unspecified atom stereocenters. The number of benzene rings is 4. The van der Waals surface area contributed by atoms with Gasteiger partial charge in [0.25, 0.3) is 0 Å². The lowest BCUT2D eigenvalue weighted by Gasteiger charge is -2.08. The van der Waals surface area contributed by atoms with Crippen LogP contribution in [0.2, 0.25) is 0 Å². The van der Waals surface area contributed by atoms with Crippen molar-refractivity contribution >= 4 is 23.2 Å². The average Bonchev–Trinajstić information content (AvgIpc) is 2.88. The highest BCUT2D eigenvalue weighted by Gasteiger charge is 2.05. The van der Waals surface area contributed by atoms with Crippen molar-refractivity contribution in [2.45, 2.75) is 32.6 Å². The molecular weight excluding hydrogens is 444 g/mol. The Balaban J connectivity index is 1.35. The fourth-order valence-corrected chi connectivity index (χ4v) is 4.03. The van der Waals surface area contributed by atoms with Gasteiger partial charge in [-0.05, 0) is 59.4 Å². The number of nitrogen functional groups attached to an aromatic ring is 2. The highest BCUT2D eigenvalue weighted by molar-refractivity contribution is 6.07. The van der Waals surface area contributed by atoms with Crippen molar-refractivity contribution in [3.8, 4) is 22.6 Å². The van der Waals surface area contributed by atoms with Crippen LogP contribution in [0.3, 0.4) is 0 Å². The monoisotopic (exact) mass is 476 g/mol. The van der Waals surface area contributed by atoms with Crippen LogP contribution in [0, 0.1) is 0 Å². The van der Waals surface area contributed by atoms with Crippen LogP contribution in [0.1, 0.15) is 47.7 Å². The van der Waals surface area contributed by atoms with Gasteiger partial charge in [-0.25, -0.2) is 0 Å². The molecule has 182 valence electrons. The molecule has 0 aromatic heterocycles. The largest absolute Gasteiger partial charge is 0.457 e. The van der Waals surface area contributed by atoms with Crippen molar-refractivity contribution in [3.05, 3.63) is 114 Å². The number of hydrogen-bond acceptors (Lipinski definition) is 4. The summed E-state index contributed by atoms with van der Waals surface area (Å²) >= 11 is 0. The average molecular weight is 477 g/mol. The van der Waals surface area contributed by atoms with Crippen LogP contribution >= 0.6 is 0 Å². The standard InChI is InChI=1S/C32H32N2O2/c1-2-3-4-5-23-6-11-25(12-7-23)26-13-15-27(16-14-26)32(35)19-10-24-8-17-30(18-9-24)36-31-21-28(33)20-29(34)22-31/h6-22H,2-5,33-34H2,1H3/b19-10+. The number of aryl methyl sites for hydroxylation is 1. The number of carbonyl (C=O) groups is 1. The summed E-state index contributed by atoms with van der Waals surface area (Å²) in [6.45, 7) is 2.22. The zero-order valence-electron chi connectivity index (χ0n) is 20.6. The van der Waals surface area contributed by atoms with Crippen LogP contribution in [-0.4, -0.2) is 5.78 Å². The smallest absolute Gasteiger partial charge is 0.185 e. The van der Waals surface area contributed by atoms with E-state index in [1.54, 1.807) is 30.4 Å². The number of hydrogen-bond donors (Lipinski definition) is 2. The normalized spacial score (nSPS) is 11.0. The van der Waals surface area contributed by atoms with Gasteiger partial charge in [0.1, 0.15) is 11.5 Å². The number of nitrogens with two attached hydrogens (primary N) is 2. The van der Waals surface area contributed by atoms with E-state index in [9.17, 15) is 4.79 Å². The number of anilines is 2. The molecule has 4 aromatic rings. The molecule has 0 amide bonds. The first-order chi connectivity index (χ1) is 17.5. The molecule has 4 rings (SSSR count). The number of ketones is 1. The fourth-order valence-electron chi connectivity index (χ4n) is 4.03. The summed E-state index contributed by atoms with van der Waals surface area (Å²) in [5.41, 5.74) is 17.9. The molecule has 0 saturated carbocycles. The first kappa shape index (κ1) is 24.8. The summed E-state index contributed by atoms with van der Waals surface area (Å²) in [5.74, 6) is 1.20. The van der Waals surface area contributed by atoms with Crippen molar-refractivity contribution in [3.63, 3.8) is 0 Å². The summed E-state index contributed by atoms with van der Waals surface area (Å²) in [6.07, 6.45) is 8.26. The molecular formula is C32H32N2O2. The Hall–Kier alpha value is -4.31. The van der Waals surface area contributed by atoms with E-state index in [0.29, 0.717) is 28.4 Å². The molecule has 4 nitrogen and oxygen atoms in total. The number of unbranched alkanes of at least 4 members (excludes halogenated alkanes) is 2. The van der Waals surface area contributed by atoms with Gasteiger partial charge in [0.15, 0.2) is 5.78 Å². The molecule has 4 N–H and O–H groups in total. The van der Waals surface area contributed by atoms with Gasteiger partial charge in [0.05, 0.1) is 0 Å². The number of carbonyl (C=O) groups excluding carboxylic acids is 1. The summed E-state index contributed by atoms with van der Waals surface area (Å²) in [6, 6.07) is 29.1. The third kappa shape index (κ3) is 6.86. The van der Waals surface area contributed by atoms with Gasteiger partial charge in [0.2, 0.25) is 0 Å². The third-order valence-corrected chi connectivity index (χ3v) is 6.02. The highest BCUT2D eigenvalue weighted by Crippen LogP contribution is 2.26. The van der Waals surface area contributed by atoms with E-state index in [1.165, 1.54) is 24.8 Å². The predicted molar refractivity (Wildman–Crippen MR) is 150 cm³/mol. The van der Waals surface area contributed by atoms with Crippen molar-refractivity contribution in [1.29, 1.82) is 0 Å². The van der Waals surface area contributed by atoms with Crippen molar-refractivity contribution in [2.24, 2.45) is 0 Å². The molecule has 0 aliphatic rings. The van der Waals surface area contributed by atoms with Gasteiger partial charge in [0, 0.05) is 29.1 Å². The lowest BCUT2D eigenvalue weighted by Crippen LogP contribution is -1.94. The van der Waals surface area contributed by atoms with Crippen molar-refractivity contribution < 1.29 is 9.53 Å². The van der Waals surface area contributed by atoms with E-state index in [0.717, 1.165) is 23.1 Å². The van der Waals surface area contributed by atoms with Crippen LogP contribution in [0.4, 0.5) is 11.4 Å². The Morgan fingerprint density at radius 1 is 0.750 bits per heavy atom. The molecule has 4 heteroatoms. The SMILES string of the molecule is CCCCCc1ccc(-c2ccc(C(=O)/C=C/c3ccc(Oc4cc(N)cc(N)c4)cc3)cc2)cc1. The highest BCUT2D eigenvalue weighted by atomic mass is 16.5. The zero-order chi connectivity index (χ0) is 25.3. The molecule has 0 fully saturated rings. The molecule has 4 aromatic carbocycles. The van der Waals surface area contributed by atoms with Gasteiger partial charge in [-0.15, -0.1) is 0 Å². The molecule has 0 spiro atoms. The minimum Gasteiger partial charge on any atom is -0.457 e. The number of ether oxygens (including phenoxy) is 1. The van der Waals surface area contributed by atoms with Crippen LogP contribution < -0.4 is 16.2 Å². The second-order valence-corrected chi connectivity index (χ2v) is 8.94. The molecule has 0 saturated heterocycles. The topological polar surface area (TPSA) is 78.3 Å². The van der Waals surface area contributed by atoms with Crippen LogP contribution in [-0.2, 0) is 6.42 Å². The van der Waals surface area contributed by atoms with Crippen molar-refractivity contribution in [1.82, 2.24) is 0 Å². The lowest BCUT2D eigenvalue weighted by atomic mass is 9.99. The second kappa shape index (κ2) is 11.9. The van der Waals surface area contributed by atoms with E-state index in [-0.39, 0.29) is 5.78 Å². The summed E-state index contributed by atoms with van der Waals surface area (Å²) < 4.78 is 5.81. The Morgan fingerprint density at radius 2 is 1.36 bits per heavy atom. The zero-order valence-corrected chi connectivity index (χ0v) is 20.6. The third-order valence-electron chi connectivity index (χ3n) is 6.02. The van der Waals surface area contributed by atoms with Gasteiger partial charge in [-0.3, -0.25) is 4.79 Å². The molecule has 0 bridgehead atoms. The van der Waals surface area contributed by atoms with Crippen LogP contribution in [0.5, 0.6) is 11.5 Å². The summed E-state index contributed by atoms with van der Waals surface area (Å²) in [4.78, 5) is 12.7. The van der Waals surface area contributed by atoms with Crippen molar-refractivity contribution in [2.75, 3.05) is 11.5 Å². The molecule has 0 radical (unpaired) electrons. The quantitative estimate of drug-likeness (QED) is 0.105. The Bertz CT molecular complexity index is 1300. The Labute approximate surface area is 213 Å². The van der Waals surface area contributed by atoms with E-state index < -0.39 is 0 Å². The van der Waals surface area contributed by atoms with Gasteiger partial charge < -0.3 is 16.2 Å². The maximum absolute atomic E-state index is 12.7. The minimum atomic E-state index is -0.0385. The summed E-state index contributed by atoms with van der Waals surface area (Å²) in [5, 5.41) is 0. The number of rotatable bonds is 10. The molecule has 0 heterocycles. The van der Waals surface area contributed by atoms with Gasteiger partial charge >= 0.3 is 0 Å². The minimum absolute atomic E-state index is 0.0385. The summed E-state index contributed by atoms with van der Waals surface area (Å²) in [7, 11) is 0. The van der Waals surface area contributed by atoms with E-state index >= 15 is 0 Å². The Kier molecular flexibility index (Phi) is 8.20. The van der Waals surface area contributed by atoms with E-state index in [4.69, 9.17) is 16.2 Å². The predicted octanol–water partition coefficient (Wildman–Crippen LogP) is 7.94. The molecule has 0 atom stereocenters. The molecule has 0 aliphatic carbocycles. The molecule has 36 heavy (non-hydrogen) atoms. The van der Waals surface area contributed by atoms with Crippen LogP contribution in [0.15, 0.2) is 97.1 Å². The van der Waals surface area contributed by atoms with E-state index in [1.807, 2.05) is 48.5 Å². The number of allylic oxidation sites excluding steroid dienone is 1. The van der Waals surface area contributed by atoms with Gasteiger partial charge in [-0.1, -0.05) is 86.5 Å². The lowest BCUT2D eigenvalue weighted by molar-refractivity contribution is 0.104. The fraction of sp³-hybridized carbons (Fsp3) is 0.156. The first-order valence-electron chi connectivity index (χ1n) is 12.4. The van der Waals surface area contributed by atoms with E-state index in [2.05, 4.69) is 31.2 Å². The molecule has 0 aliphatic heterocycles. The maximum atomic E-state index is 12.7.